The summed E-state index contributed by atoms with van der Waals surface area (Å²) < 4.78 is 11.2. The maximum atomic E-state index is 12.3. The summed E-state index contributed by atoms with van der Waals surface area (Å²) in [4.78, 5) is 24.8. The number of hydrogen-bond acceptors (Lipinski definition) is 5. The molecule has 0 unspecified atom stereocenters. The Morgan fingerprint density at radius 2 is 2.00 bits per heavy atom. The van der Waals surface area contributed by atoms with Crippen molar-refractivity contribution in [2.75, 3.05) is 0 Å². The minimum atomic E-state index is -0.431. The van der Waals surface area contributed by atoms with Crippen LogP contribution < -0.4 is 10.9 Å². The van der Waals surface area contributed by atoms with Crippen molar-refractivity contribution in [2.24, 2.45) is 0 Å². The quantitative estimate of drug-likeness (QED) is 0.585. The summed E-state index contributed by atoms with van der Waals surface area (Å²) in [5, 5.41) is 4.03. The number of hydrogen-bond donors (Lipinski definition) is 1. The lowest BCUT2D eigenvalue weighted by Gasteiger charge is -1.99. The van der Waals surface area contributed by atoms with E-state index in [1.54, 1.807) is 30.5 Å². The SMILES string of the molecule is O=C(NCc1ccco1)c1cc2c(=O)oc3ccccc3c2s1. The minimum absolute atomic E-state index is 0.244. The lowest BCUT2D eigenvalue weighted by atomic mass is 10.2. The standard InChI is InChI=1S/C17H11NO4S/c19-16(18-9-10-4-3-7-21-10)14-8-12-15(23-14)11-5-1-2-6-13(11)22-17(12)20/h1-8H,9H2,(H,18,19). The molecule has 3 heterocycles. The van der Waals surface area contributed by atoms with Crippen LogP contribution in [0.1, 0.15) is 15.4 Å². The summed E-state index contributed by atoms with van der Waals surface area (Å²) in [6, 6.07) is 12.4. The zero-order chi connectivity index (χ0) is 15.8. The second-order valence-corrected chi connectivity index (χ2v) is 6.05. The van der Waals surface area contributed by atoms with E-state index in [-0.39, 0.29) is 5.91 Å². The fraction of sp³-hybridized carbons (Fsp3) is 0.0588. The van der Waals surface area contributed by atoms with Gasteiger partial charge in [0.1, 0.15) is 11.3 Å². The monoisotopic (exact) mass is 325 g/mol. The van der Waals surface area contributed by atoms with Gasteiger partial charge < -0.3 is 14.2 Å². The van der Waals surface area contributed by atoms with Crippen molar-refractivity contribution < 1.29 is 13.6 Å². The highest BCUT2D eigenvalue weighted by molar-refractivity contribution is 7.21. The van der Waals surface area contributed by atoms with Crippen molar-refractivity contribution in [2.45, 2.75) is 6.54 Å². The van der Waals surface area contributed by atoms with E-state index in [0.717, 1.165) is 10.1 Å². The number of nitrogens with one attached hydrogen (secondary N) is 1. The van der Waals surface area contributed by atoms with E-state index < -0.39 is 5.63 Å². The van der Waals surface area contributed by atoms with Crippen LogP contribution in [0, 0.1) is 0 Å². The number of carbonyl (C=O) groups excluding carboxylic acids is 1. The van der Waals surface area contributed by atoms with Crippen LogP contribution in [0.2, 0.25) is 0 Å². The predicted molar refractivity (Wildman–Crippen MR) is 87.7 cm³/mol. The molecule has 114 valence electrons. The van der Waals surface area contributed by atoms with Crippen molar-refractivity contribution >= 4 is 38.3 Å². The molecular formula is C17H11NO4S. The smallest absolute Gasteiger partial charge is 0.345 e. The van der Waals surface area contributed by atoms with Crippen LogP contribution in [0.3, 0.4) is 0 Å². The summed E-state index contributed by atoms with van der Waals surface area (Å²) in [6.07, 6.45) is 1.55. The van der Waals surface area contributed by atoms with E-state index in [1.165, 1.54) is 11.3 Å². The van der Waals surface area contributed by atoms with Crippen molar-refractivity contribution in [3.63, 3.8) is 0 Å². The average molecular weight is 325 g/mol. The summed E-state index contributed by atoms with van der Waals surface area (Å²) in [6.45, 7) is 0.301. The van der Waals surface area contributed by atoms with E-state index in [9.17, 15) is 9.59 Å². The fourth-order valence-electron chi connectivity index (χ4n) is 2.42. The van der Waals surface area contributed by atoms with Crippen LogP contribution in [0.4, 0.5) is 0 Å². The van der Waals surface area contributed by atoms with E-state index in [4.69, 9.17) is 8.83 Å². The topological polar surface area (TPSA) is 72.5 Å². The van der Waals surface area contributed by atoms with Gasteiger partial charge in [-0.1, -0.05) is 12.1 Å². The van der Waals surface area contributed by atoms with Crippen molar-refractivity contribution in [1.82, 2.24) is 5.32 Å². The van der Waals surface area contributed by atoms with Gasteiger partial charge >= 0.3 is 5.63 Å². The molecule has 1 amide bonds. The number of para-hydroxylation sites is 1. The average Bonchev–Trinajstić information content (AvgIpc) is 3.23. The number of benzene rings is 1. The molecule has 4 rings (SSSR count). The Balaban J connectivity index is 1.73. The Hall–Kier alpha value is -2.86. The molecule has 0 aliphatic heterocycles. The normalized spacial score (nSPS) is 11.1. The van der Waals surface area contributed by atoms with Gasteiger partial charge in [-0.05, 0) is 30.3 Å². The van der Waals surface area contributed by atoms with E-state index in [0.29, 0.717) is 28.2 Å². The van der Waals surface area contributed by atoms with Crippen LogP contribution >= 0.6 is 11.3 Å². The van der Waals surface area contributed by atoms with E-state index in [2.05, 4.69) is 5.32 Å². The largest absolute Gasteiger partial charge is 0.467 e. The summed E-state index contributed by atoms with van der Waals surface area (Å²) in [5.74, 6) is 0.426. The molecule has 0 aliphatic carbocycles. The zero-order valence-electron chi connectivity index (χ0n) is 11.9. The van der Waals surface area contributed by atoms with Gasteiger partial charge in [-0.15, -0.1) is 11.3 Å². The Bertz CT molecular complexity index is 1060. The Morgan fingerprint density at radius 3 is 2.83 bits per heavy atom. The van der Waals surface area contributed by atoms with Gasteiger partial charge in [-0.2, -0.15) is 0 Å². The third kappa shape index (κ3) is 2.43. The first-order chi connectivity index (χ1) is 11.2. The second kappa shape index (κ2) is 5.40. The molecule has 4 aromatic rings. The molecule has 0 bridgehead atoms. The molecule has 6 heteroatoms. The van der Waals surface area contributed by atoms with Crippen molar-refractivity contribution in [1.29, 1.82) is 0 Å². The Morgan fingerprint density at radius 1 is 1.13 bits per heavy atom. The summed E-state index contributed by atoms with van der Waals surface area (Å²) in [5.41, 5.74) is 0.0921. The first-order valence-electron chi connectivity index (χ1n) is 6.98. The van der Waals surface area contributed by atoms with E-state index in [1.807, 2.05) is 18.2 Å². The lowest BCUT2D eigenvalue weighted by Crippen LogP contribution is -2.21. The van der Waals surface area contributed by atoms with Gasteiger partial charge in [0.05, 0.1) is 27.8 Å². The van der Waals surface area contributed by atoms with Gasteiger partial charge in [-0.25, -0.2) is 4.79 Å². The molecule has 0 spiro atoms. The molecule has 0 fully saturated rings. The van der Waals surface area contributed by atoms with Gasteiger partial charge in [0.15, 0.2) is 0 Å². The zero-order valence-corrected chi connectivity index (χ0v) is 12.7. The van der Waals surface area contributed by atoms with Gasteiger partial charge in [0.25, 0.3) is 5.91 Å². The van der Waals surface area contributed by atoms with E-state index >= 15 is 0 Å². The third-order valence-electron chi connectivity index (χ3n) is 3.51. The molecule has 0 saturated heterocycles. The highest BCUT2D eigenvalue weighted by atomic mass is 32.1. The molecule has 0 atom stereocenters. The molecule has 23 heavy (non-hydrogen) atoms. The number of fused-ring (bicyclic) bond motifs is 3. The van der Waals surface area contributed by atoms with Crippen molar-refractivity contribution in [3.8, 4) is 0 Å². The molecule has 0 saturated carbocycles. The van der Waals surface area contributed by atoms with Crippen LogP contribution in [0.25, 0.3) is 21.1 Å². The molecule has 0 radical (unpaired) electrons. The number of carbonyl (C=O) groups is 1. The summed E-state index contributed by atoms with van der Waals surface area (Å²) in [7, 11) is 0. The molecule has 3 aromatic heterocycles. The first kappa shape index (κ1) is 13.8. The van der Waals surface area contributed by atoms with Gasteiger partial charge in [-0.3, -0.25) is 4.79 Å². The number of furan rings is 1. The molecule has 1 aromatic carbocycles. The van der Waals surface area contributed by atoms with Gasteiger partial charge in [0, 0.05) is 5.39 Å². The van der Waals surface area contributed by atoms with Gasteiger partial charge in [0.2, 0.25) is 0 Å². The maximum absolute atomic E-state index is 12.3. The Labute approximate surface area is 134 Å². The Kier molecular flexibility index (Phi) is 3.24. The highest BCUT2D eigenvalue weighted by Crippen LogP contribution is 2.30. The third-order valence-corrected chi connectivity index (χ3v) is 4.68. The van der Waals surface area contributed by atoms with Crippen molar-refractivity contribution in [3.05, 3.63) is 69.8 Å². The molecule has 5 nitrogen and oxygen atoms in total. The van der Waals surface area contributed by atoms with Crippen LogP contribution in [0.15, 0.2) is 62.4 Å². The first-order valence-corrected chi connectivity index (χ1v) is 7.80. The van der Waals surface area contributed by atoms with Crippen LogP contribution in [0.5, 0.6) is 0 Å². The molecule has 1 N–H and O–H groups in total. The molecule has 0 aliphatic rings. The minimum Gasteiger partial charge on any atom is -0.467 e. The van der Waals surface area contributed by atoms with Crippen LogP contribution in [-0.4, -0.2) is 5.91 Å². The number of amides is 1. The second-order valence-electron chi connectivity index (χ2n) is 5.00. The number of thiophene rings is 1. The fourth-order valence-corrected chi connectivity index (χ4v) is 3.51. The predicted octanol–water partition coefficient (Wildman–Crippen LogP) is 3.53. The highest BCUT2D eigenvalue weighted by Gasteiger charge is 2.15. The number of rotatable bonds is 3. The lowest BCUT2D eigenvalue weighted by molar-refractivity contribution is 0.0952. The van der Waals surface area contributed by atoms with Crippen LogP contribution in [-0.2, 0) is 6.54 Å². The summed E-state index contributed by atoms with van der Waals surface area (Å²) >= 11 is 1.28. The maximum Gasteiger partial charge on any atom is 0.345 e. The molecular weight excluding hydrogens is 314 g/mol.